The number of H-pyrrole nitrogens is 1. The van der Waals surface area contributed by atoms with Gasteiger partial charge >= 0.3 is 0 Å². The van der Waals surface area contributed by atoms with E-state index < -0.39 is 0 Å². The van der Waals surface area contributed by atoms with Crippen LogP contribution in [0, 0.1) is 4.64 Å². The van der Waals surface area contributed by atoms with Gasteiger partial charge in [-0.2, -0.15) is 11.8 Å². The van der Waals surface area contributed by atoms with Crippen molar-refractivity contribution in [1.82, 2.24) is 9.97 Å². The van der Waals surface area contributed by atoms with E-state index in [0.29, 0.717) is 4.64 Å². The van der Waals surface area contributed by atoms with Gasteiger partial charge in [-0.1, -0.05) is 33.0 Å². The molecule has 0 aliphatic carbocycles. The molecule has 0 unspecified atom stereocenters. The highest BCUT2D eigenvalue weighted by Crippen LogP contribution is 2.20. The first-order valence-corrected chi connectivity index (χ1v) is 6.33. The van der Waals surface area contributed by atoms with Crippen LogP contribution in [0.2, 0.25) is 0 Å². The van der Waals surface area contributed by atoms with Crippen LogP contribution in [0.4, 0.5) is 0 Å². The third-order valence-corrected chi connectivity index (χ3v) is 2.65. The molecule has 4 heteroatoms. The fourth-order valence-corrected chi connectivity index (χ4v) is 1.76. The number of aromatic nitrogens is 2. The average molecular weight is 228 g/mol. The van der Waals surface area contributed by atoms with Gasteiger partial charge in [-0.25, -0.2) is 4.98 Å². The molecule has 0 aromatic carbocycles. The number of rotatable bonds is 2. The highest BCUT2D eigenvalue weighted by Gasteiger charge is 2.15. The highest BCUT2D eigenvalue weighted by atomic mass is 32.2. The summed E-state index contributed by atoms with van der Waals surface area (Å²) >= 11 is 6.87. The van der Waals surface area contributed by atoms with Crippen molar-refractivity contribution in [3.63, 3.8) is 0 Å². The molecule has 0 amide bonds. The second kappa shape index (κ2) is 4.45. The zero-order chi connectivity index (χ0) is 10.8. The van der Waals surface area contributed by atoms with E-state index in [4.69, 9.17) is 12.2 Å². The van der Waals surface area contributed by atoms with Crippen LogP contribution in [0.3, 0.4) is 0 Å². The van der Waals surface area contributed by atoms with Crippen LogP contribution in [0.1, 0.15) is 32.3 Å². The molecule has 0 saturated carbocycles. The molecule has 1 heterocycles. The second-order valence-corrected chi connectivity index (χ2v) is 5.55. The van der Waals surface area contributed by atoms with E-state index in [-0.39, 0.29) is 5.41 Å². The molecular formula is C10H16N2S2. The highest BCUT2D eigenvalue weighted by molar-refractivity contribution is 7.97. The van der Waals surface area contributed by atoms with Gasteiger partial charge in [0.1, 0.15) is 10.5 Å². The first kappa shape index (κ1) is 11.7. The SMILES string of the molecule is CSCc1nc(=S)cc(C(C)(C)C)[nH]1. The Morgan fingerprint density at radius 2 is 2.14 bits per heavy atom. The van der Waals surface area contributed by atoms with Crippen molar-refractivity contribution in [3.05, 3.63) is 22.2 Å². The molecule has 1 N–H and O–H groups in total. The summed E-state index contributed by atoms with van der Waals surface area (Å²) in [6.07, 6.45) is 2.06. The van der Waals surface area contributed by atoms with E-state index in [1.807, 2.05) is 6.07 Å². The van der Waals surface area contributed by atoms with Crippen LogP contribution in [0.15, 0.2) is 6.07 Å². The first-order valence-electron chi connectivity index (χ1n) is 4.53. The van der Waals surface area contributed by atoms with Crippen molar-refractivity contribution in [3.8, 4) is 0 Å². The third-order valence-electron chi connectivity index (χ3n) is 1.88. The lowest BCUT2D eigenvalue weighted by atomic mass is 9.92. The molecule has 1 aromatic heterocycles. The Labute approximate surface area is 94.5 Å². The Balaban J connectivity index is 3.14. The van der Waals surface area contributed by atoms with Gasteiger partial charge in [-0.15, -0.1) is 0 Å². The summed E-state index contributed by atoms with van der Waals surface area (Å²) in [4.78, 5) is 7.60. The molecule has 0 radical (unpaired) electrons. The minimum Gasteiger partial charge on any atom is -0.346 e. The summed E-state index contributed by atoms with van der Waals surface area (Å²) in [5, 5.41) is 0. The molecule has 1 rings (SSSR count). The number of nitrogens with zero attached hydrogens (tertiary/aromatic N) is 1. The predicted octanol–water partition coefficient (Wildman–Crippen LogP) is 3.30. The van der Waals surface area contributed by atoms with E-state index in [2.05, 4.69) is 37.0 Å². The summed E-state index contributed by atoms with van der Waals surface area (Å²) in [7, 11) is 0. The number of nitrogens with one attached hydrogen (secondary N) is 1. The van der Waals surface area contributed by atoms with Gasteiger partial charge in [0.2, 0.25) is 0 Å². The van der Waals surface area contributed by atoms with E-state index >= 15 is 0 Å². The summed E-state index contributed by atoms with van der Waals surface area (Å²) in [5.41, 5.74) is 1.26. The summed E-state index contributed by atoms with van der Waals surface area (Å²) < 4.78 is 0.678. The molecule has 0 aliphatic rings. The second-order valence-electron chi connectivity index (χ2n) is 4.26. The molecular weight excluding hydrogens is 212 g/mol. The minimum atomic E-state index is 0.101. The Morgan fingerprint density at radius 1 is 1.50 bits per heavy atom. The Morgan fingerprint density at radius 3 is 2.64 bits per heavy atom. The Hall–Kier alpha value is -0.350. The zero-order valence-electron chi connectivity index (χ0n) is 9.05. The molecule has 0 fully saturated rings. The lowest BCUT2D eigenvalue weighted by molar-refractivity contribution is 0.563. The zero-order valence-corrected chi connectivity index (χ0v) is 10.7. The van der Waals surface area contributed by atoms with Gasteiger partial charge in [-0.05, 0) is 12.3 Å². The number of thioether (sulfide) groups is 1. The molecule has 78 valence electrons. The number of hydrogen-bond donors (Lipinski definition) is 1. The fraction of sp³-hybridized carbons (Fsp3) is 0.600. The van der Waals surface area contributed by atoms with Gasteiger partial charge < -0.3 is 4.98 Å². The van der Waals surface area contributed by atoms with E-state index in [0.717, 1.165) is 17.3 Å². The number of hydrogen-bond acceptors (Lipinski definition) is 3. The summed E-state index contributed by atoms with van der Waals surface area (Å²) in [6, 6.07) is 1.94. The molecule has 2 nitrogen and oxygen atoms in total. The maximum Gasteiger partial charge on any atom is 0.130 e. The summed E-state index contributed by atoms with van der Waals surface area (Å²) in [6.45, 7) is 6.49. The molecule has 0 atom stereocenters. The van der Waals surface area contributed by atoms with Gasteiger partial charge in [0.05, 0.1) is 5.75 Å². The minimum absolute atomic E-state index is 0.101. The van der Waals surface area contributed by atoms with E-state index in [9.17, 15) is 0 Å². The monoisotopic (exact) mass is 228 g/mol. The maximum atomic E-state index is 5.13. The first-order chi connectivity index (χ1) is 6.43. The van der Waals surface area contributed by atoms with Gasteiger partial charge in [0.15, 0.2) is 0 Å². The topological polar surface area (TPSA) is 28.7 Å². The quantitative estimate of drug-likeness (QED) is 0.787. The predicted molar refractivity (Wildman–Crippen MR) is 65.3 cm³/mol. The molecule has 1 aromatic rings. The third kappa shape index (κ3) is 3.10. The number of aromatic amines is 1. The van der Waals surface area contributed by atoms with Crippen LogP contribution in [0.25, 0.3) is 0 Å². The Kier molecular flexibility index (Phi) is 3.72. The van der Waals surface area contributed by atoms with Gasteiger partial charge in [0.25, 0.3) is 0 Å². The molecule has 0 bridgehead atoms. The van der Waals surface area contributed by atoms with Crippen LogP contribution < -0.4 is 0 Å². The van der Waals surface area contributed by atoms with Crippen LogP contribution in [-0.2, 0) is 11.2 Å². The van der Waals surface area contributed by atoms with E-state index in [1.165, 1.54) is 0 Å². The van der Waals surface area contributed by atoms with Crippen molar-refractivity contribution in [2.45, 2.75) is 31.9 Å². The van der Waals surface area contributed by atoms with Gasteiger partial charge in [0, 0.05) is 11.1 Å². The normalized spacial score (nSPS) is 11.7. The molecule has 0 spiro atoms. The van der Waals surface area contributed by atoms with Crippen molar-refractivity contribution < 1.29 is 0 Å². The Bertz CT molecular complexity index is 363. The molecule has 0 aliphatic heterocycles. The smallest absolute Gasteiger partial charge is 0.130 e. The maximum absolute atomic E-state index is 5.13. The standard InChI is InChI=1S/C10H16N2S2/c1-10(2,3)7-5-9(13)12-8(11-7)6-14-4/h5H,6H2,1-4H3,(H,11,12,13). The van der Waals surface area contributed by atoms with Gasteiger partial charge in [-0.3, -0.25) is 0 Å². The van der Waals surface area contributed by atoms with Crippen molar-refractivity contribution in [2.24, 2.45) is 0 Å². The lowest BCUT2D eigenvalue weighted by Gasteiger charge is -2.19. The van der Waals surface area contributed by atoms with Crippen molar-refractivity contribution >= 4 is 24.0 Å². The van der Waals surface area contributed by atoms with Crippen LogP contribution in [0.5, 0.6) is 0 Å². The van der Waals surface area contributed by atoms with Crippen LogP contribution >= 0.6 is 24.0 Å². The van der Waals surface area contributed by atoms with Crippen molar-refractivity contribution in [1.29, 1.82) is 0 Å². The molecule has 14 heavy (non-hydrogen) atoms. The fourth-order valence-electron chi connectivity index (χ4n) is 1.12. The van der Waals surface area contributed by atoms with E-state index in [1.54, 1.807) is 11.8 Å². The lowest BCUT2D eigenvalue weighted by Crippen LogP contribution is -2.15. The molecule has 0 saturated heterocycles. The largest absolute Gasteiger partial charge is 0.346 e. The van der Waals surface area contributed by atoms with Crippen molar-refractivity contribution in [2.75, 3.05) is 6.26 Å². The van der Waals surface area contributed by atoms with Crippen LogP contribution in [-0.4, -0.2) is 16.2 Å². The average Bonchev–Trinajstić information content (AvgIpc) is 2.02. The summed E-state index contributed by atoms with van der Waals surface area (Å²) in [5.74, 6) is 1.85.